The quantitative estimate of drug-likeness (QED) is 0.633. The fourth-order valence-electron chi connectivity index (χ4n) is 3.64. The summed E-state index contributed by atoms with van der Waals surface area (Å²) in [6.07, 6.45) is 7.02. The number of rotatable bonds is 4. The standard InChI is InChI=1S/C21H22ClFN6O/c1-13-15(20(22)28(2)27-13)8-10-19(30)24-14-7-9-17(23)16(12-14)21-26-25-18-6-4-3-5-11-29(18)21/h7-10,12H,3-6,11H2,1-2H3,(H,24,30)/b10-8+. The van der Waals surface area contributed by atoms with Gasteiger partial charge in [-0.2, -0.15) is 5.10 Å². The number of aryl methyl sites for hydroxylation is 3. The highest BCUT2D eigenvalue weighted by Crippen LogP contribution is 2.27. The van der Waals surface area contributed by atoms with Gasteiger partial charge in [0, 0.05) is 37.3 Å². The number of hydrogen-bond acceptors (Lipinski definition) is 4. The van der Waals surface area contributed by atoms with E-state index in [1.807, 2.05) is 11.5 Å². The fraction of sp³-hybridized carbons (Fsp3) is 0.333. The van der Waals surface area contributed by atoms with Crippen LogP contribution in [0.5, 0.6) is 0 Å². The van der Waals surface area contributed by atoms with Gasteiger partial charge in [0.05, 0.1) is 11.3 Å². The molecule has 1 aromatic carbocycles. The zero-order valence-electron chi connectivity index (χ0n) is 16.8. The number of nitrogens with one attached hydrogen (secondary N) is 1. The Labute approximate surface area is 178 Å². The molecule has 0 spiro atoms. The molecular weight excluding hydrogens is 407 g/mol. The van der Waals surface area contributed by atoms with Crippen molar-refractivity contribution >= 4 is 29.3 Å². The first-order valence-electron chi connectivity index (χ1n) is 9.84. The Balaban J connectivity index is 1.56. The van der Waals surface area contributed by atoms with Crippen molar-refractivity contribution in [3.63, 3.8) is 0 Å². The number of aromatic nitrogens is 5. The SMILES string of the molecule is Cc1nn(C)c(Cl)c1/C=C/C(=O)Nc1ccc(F)c(-c2nnc3n2CCCCC3)c1. The molecule has 0 bridgehead atoms. The van der Waals surface area contributed by atoms with Crippen molar-refractivity contribution < 1.29 is 9.18 Å². The van der Waals surface area contributed by atoms with E-state index in [1.165, 1.54) is 18.2 Å². The molecule has 1 aliphatic rings. The molecule has 1 N–H and O–H groups in total. The number of anilines is 1. The molecule has 2 aromatic heterocycles. The van der Waals surface area contributed by atoms with Gasteiger partial charge in [0.25, 0.3) is 0 Å². The number of hydrogen-bond donors (Lipinski definition) is 1. The third-order valence-electron chi connectivity index (χ3n) is 5.18. The average molecular weight is 429 g/mol. The second kappa shape index (κ2) is 8.39. The zero-order chi connectivity index (χ0) is 21.3. The Morgan fingerprint density at radius 1 is 1.27 bits per heavy atom. The molecule has 30 heavy (non-hydrogen) atoms. The van der Waals surface area contributed by atoms with Crippen molar-refractivity contribution in [2.75, 3.05) is 5.32 Å². The van der Waals surface area contributed by atoms with Crippen molar-refractivity contribution in [3.05, 3.63) is 52.3 Å². The number of carbonyl (C=O) groups is 1. The lowest BCUT2D eigenvalue weighted by Gasteiger charge is -2.10. The maximum absolute atomic E-state index is 14.6. The highest BCUT2D eigenvalue weighted by atomic mass is 35.5. The van der Waals surface area contributed by atoms with Crippen LogP contribution in [0.25, 0.3) is 17.5 Å². The number of fused-ring (bicyclic) bond motifs is 1. The summed E-state index contributed by atoms with van der Waals surface area (Å²) in [6, 6.07) is 4.44. The molecule has 0 aliphatic carbocycles. The Morgan fingerprint density at radius 3 is 2.87 bits per heavy atom. The largest absolute Gasteiger partial charge is 0.322 e. The maximum atomic E-state index is 14.6. The third-order valence-corrected chi connectivity index (χ3v) is 5.63. The predicted octanol–water partition coefficient (Wildman–Crippen LogP) is 4.16. The van der Waals surface area contributed by atoms with E-state index in [4.69, 9.17) is 11.6 Å². The number of carbonyl (C=O) groups excluding carboxylic acids is 1. The summed E-state index contributed by atoms with van der Waals surface area (Å²) >= 11 is 6.18. The third kappa shape index (κ3) is 4.00. The van der Waals surface area contributed by atoms with Crippen molar-refractivity contribution in [2.24, 2.45) is 7.05 Å². The summed E-state index contributed by atoms with van der Waals surface area (Å²) in [4.78, 5) is 12.4. The molecule has 0 radical (unpaired) electrons. The van der Waals surface area contributed by atoms with Gasteiger partial charge in [0.2, 0.25) is 5.91 Å². The number of halogens is 2. The van der Waals surface area contributed by atoms with Crippen LogP contribution in [0.2, 0.25) is 5.15 Å². The lowest BCUT2D eigenvalue weighted by molar-refractivity contribution is -0.111. The summed E-state index contributed by atoms with van der Waals surface area (Å²) in [5.74, 6) is 0.615. The second-order valence-electron chi connectivity index (χ2n) is 7.33. The molecule has 9 heteroatoms. The van der Waals surface area contributed by atoms with Crippen molar-refractivity contribution in [1.82, 2.24) is 24.5 Å². The zero-order valence-corrected chi connectivity index (χ0v) is 17.6. The maximum Gasteiger partial charge on any atom is 0.248 e. The number of benzene rings is 1. The van der Waals surface area contributed by atoms with Gasteiger partial charge in [-0.25, -0.2) is 4.39 Å². The molecular formula is C21H22ClFN6O. The van der Waals surface area contributed by atoms with Crippen LogP contribution in [0.3, 0.4) is 0 Å². The molecule has 3 heterocycles. The van der Waals surface area contributed by atoms with Gasteiger partial charge in [0.15, 0.2) is 5.82 Å². The van der Waals surface area contributed by atoms with Crippen LogP contribution >= 0.6 is 11.6 Å². The summed E-state index contributed by atoms with van der Waals surface area (Å²) in [6.45, 7) is 2.58. The molecule has 1 amide bonds. The van der Waals surface area contributed by atoms with Crippen LogP contribution in [0.1, 0.15) is 36.3 Å². The van der Waals surface area contributed by atoms with Crippen LogP contribution in [-0.2, 0) is 24.8 Å². The number of amides is 1. The van der Waals surface area contributed by atoms with E-state index >= 15 is 0 Å². The van der Waals surface area contributed by atoms with E-state index in [1.54, 1.807) is 23.9 Å². The van der Waals surface area contributed by atoms with Gasteiger partial charge < -0.3 is 9.88 Å². The first kappa shape index (κ1) is 20.3. The Morgan fingerprint density at radius 2 is 2.10 bits per heavy atom. The van der Waals surface area contributed by atoms with Gasteiger partial charge in [-0.15, -0.1) is 10.2 Å². The van der Waals surface area contributed by atoms with Gasteiger partial charge in [-0.3, -0.25) is 9.48 Å². The lowest BCUT2D eigenvalue weighted by Crippen LogP contribution is -2.09. The van der Waals surface area contributed by atoms with E-state index in [0.29, 0.717) is 27.8 Å². The minimum atomic E-state index is -0.402. The molecule has 4 rings (SSSR count). The highest BCUT2D eigenvalue weighted by Gasteiger charge is 2.19. The van der Waals surface area contributed by atoms with Crippen LogP contribution in [0, 0.1) is 12.7 Å². The van der Waals surface area contributed by atoms with Crippen molar-refractivity contribution in [2.45, 2.75) is 39.2 Å². The van der Waals surface area contributed by atoms with Gasteiger partial charge >= 0.3 is 0 Å². The minimum absolute atomic E-state index is 0.323. The Hall–Kier alpha value is -3.00. The molecule has 0 saturated carbocycles. The average Bonchev–Trinajstić information content (AvgIpc) is 3.11. The molecule has 1 aliphatic heterocycles. The van der Waals surface area contributed by atoms with E-state index in [0.717, 1.165) is 43.7 Å². The molecule has 0 saturated heterocycles. The van der Waals surface area contributed by atoms with Crippen LogP contribution in [-0.4, -0.2) is 30.5 Å². The van der Waals surface area contributed by atoms with E-state index in [9.17, 15) is 9.18 Å². The first-order chi connectivity index (χ1) is 14.4. The summed E-state index contributed by atoms with van der Waals surface area (Å²) in [7, 11) is 1.73. The van der Waals surface area contributed by atoms with Crippen molar-refractivity contribution in [1.29, 1.82) is 0 Å². The van der Waals surface area contributed by atoms with E-state index in [-0.39, 0.29) is 5.91 Å². The monoisotopic (exact) mass is 428 g/mol. The molecule has 7 nitrogen and oxygen atoms in total. The normalized spacial score (nSPS) is 14.0. The molecule has 3 aromatic rings. The van der Waals surface area contributed by atoms with E-state index < -0.39 is 5.82 Å². The lowest BCUT2D eigenvalue weighted by atomic mass is 10.1. The van der Waals surface area contributed by atoms with Crippen molar-refractivity contribution in [3.8, 4) is 11.4 Å². The second-order valence-corrected chi connectivity index (χ2v) is 7.69. The molecule has 156 valence electrons. The summed E-state index contributed by atoms with van der Waals surface area (Å²) in [5, 5.41) is 15.9. The van der Waals surface area contributed by atoms with Gasteiger partial charge in [-0.05, 0) is 44.0 Å². The van der Waals surface area contributed by atoms with Gasteiger partial charge in [-0.1, -0.05) is 18.0 Å². The Kier molecular flexibility index (Phi) is 5.67. The molecule has 0 unspecified atom stereocenters. The smallest absolute Gasteiger partial charge is 0.248 e. The van der Waals surface area contributed by atoms with Crippen LogP contribution in [0.15, 0.2) is 24.3 Å². The minimum Gasteiger partial charge on any atom is -0.322 e. The summed E-state index contributed by atoms with van der Waals surface area (Å²) < 4.78 is 18.1. The molecule has 0 fully saturated rings. The van der Waals surface area contributed by atoms with Crippen LogP contribution in [0.4, 0.5) is 10.1 Å². The topological polar surface area (TPSA) is 77.6 Å². The Bertz CT molecular complexity index is 1130. The predicted molar refractivity (Wildman–Crippen MR) is 114 cm³/mol. The fourth-order valence-corrected chi connectivity index (χ4v) is 3.87. The highest BCUT2D eigenvalue weighted by molar-refractivity contribution is 6.31. The first-order valence-corrected chi connectivity index (χ1v) is 10.2. The summed E-state index contributed by atoms with van der Waals surface area (Å²) in [5.41, 5.74) is 2.20. The molecule has 0 atom stereocenters. The number of nitrogens with zero attached hydrogens (tertiary/aromatic N) is 5. The van der Waals surface area contributed by atoms with Gasteiger partial charge in [0.1, 0.15) is 16.8 Å². The van der Waals surface area contributed by atoms with Crippen LogP contribution < -0.4 is 5.32 Å². The van der Waals surface area contributed by atoms with E-state index in [2.05, 4.69) is 20.6 Å².